The fourth-order valence-corrected chi connectivity index (χ4v) is 7.35. The SMILES string of the molecule is CNC[C@@]1(c2nc(C)cs2)[C@@H]2CN(c3cnc4c(-c5ccc6nn(C)cc6c5Cl)n[nH]c4n3)C[C@@H]21. The number of piperidine rings is 1. The van der Waals surface area contributed by atoms with E-state index in [2.05, 4.69) is 37.8 Å². The Balaban J connectivity index is 1.18. The van der Waals surface area contributed by atoms with Crippen LogP contribution in [0, 0.1) is 18.8 Å². The summed E-state index contributed by atoms with van der Waals surface area (Å²) in [7, 11) is 3.91. The number of H-pyrrole nitrogens is 1. The average Bonchev–Trinajstić information content (AvgIpc) is 3.46. The Kier molecular flexibility index (Phi) is 4.52. The molecule has 0 unspecified atom stereocenters. The van der Waals surface area contributed by atoms with Gasteiger partial charge in [0.1, 0.15) is 22.0 Å². The van der Waals surface area contributed by atoms with E-state index in [0.29, 0.717) is 33.7 Å². The molecule has 2 N–H and O–H groups in total. The fraction of sp³-hybridized carbons (Fsp3) is 0.375. The van der Waals surface area contributed by atoms with Gasteiger partial charge in [-0.3, -0.25) is 9.78 Å². The summed E-state index contributed by atoms with van der Waals surface area (Å²) >= 11 is 8.53. The number of nitrogens with zero attached hydrogens (tertiary/aromatic N) is 7. The van der Waals surface area contributed by atoms with Gasteiger partial charge in [-0.1, -0.05) is 11.6 Å². The summed E-state index contributed by atoms with van der Waals surface area (Å²) < 4.78 is 1.76. The van der Waals surface area contributed by atoms with Crippen molar-refractivity contribution < 1.29 is 0 Å². The van der Waals surface area contributed by atoms with Crippen LogP contribution in [0.2, 0.25) is 5.02 Å². The highest BCUT2D eigenvalue weighted by Crippen LogP contribution is 2.64. The molecule has 0 amide bonds. The molecule has 2 aliphatic rings. The quantitative estimate of drug-likeness (QED) is 0.376. The first-order valence-electron chi connectivity index (χ1n) is 11.6. The molecule has 0 bridgehead atoms. The molecule has 11 heteroatoms. The largest absolute Gasteiger partial charge is 0.355 e. The van der Waals surface area contributed by atoms with Gasteiger partial charge in [0.2, 0.25) is 0 Å². The predicted molar refractivity (Wildman–Crippen MR) is 138 cm³/mol. The molecule has 4 aromatic heterocycles. The van der Waals surface area contributed by atoms with Crippen LogP contribution in [0.4, 0.5) is 5.82 Å². The first-order valence-corrected chi connectivity index (χ1v) is 12.9. The van der Waals surface area contributed by atoms with E-state index in [1.54, 1.807) is 16.0 Å². The van der Waals surface area contributed by atoms with Gasteiger partial charge >= 0.3 is 0 Å². The topological polar surface area (TPSA) is 100 Å². The number of thiazole rings is 1. The Labute approximate surface area is 210 Å². The van der Waals surface area contributed by atoms with Crippen LogP contribution in [0.1, 0.15) is 10.7 Å². The first-order chi connectivity index (χ1) is 17.0. The molecule has 7 rings (SSSR count). The summed E-state index contributed by atoms with van der Waals surface area (Å²) in [5.41, 5.74) is 5.00. The predicted octanol–water partition coefficient (Wildman–Crippen LogP) is 3.55. The van der Waals surface area contributed by atoms with Gasteiger partial charge < -0.3 is 10.2 Å². The molecule has 1 aromatic carbocycles. The van der Waals surface area contributed by atoms with Gasteiger partial charge in [-0.2, -0.15) is 10.2 Å². The average molecular weight is 506 g/mol. The summed E-state index contributed by atoms with van der Waals surface area (Å²) in [4.78, 5) is 16.8. The number of halogens is 1. The van der Waals surface area contributed by atoms with E-state index in [4.69, 9.17) is 26.6 Å². The lowest BCUT2D eigenvalue weighted by molar-refractivity contribution is 0.511. The number of rotatable bonds is 5. The van der Waals surface area contributed by atoms with E-state index in [-0.39, 0.29) is 5.41 Å². The molecule has 5 heterocycles. The van der Waals surface area contributed by atoms with Crippen molar-refractivity contribution in [3.05, 3.63) is 45.6 Å². The van der Waals surface area contributed by atoms with Crippen molar-refractivity contribution in [1.82, 2.24) is 40.2 Å². The van der Waals surface area contributed by atoms with Crippen molar-refractivity contribution in [3.8, 4) is 11.3 Å². The minimum absolute atomic E-state index is 0.143. The minimum Gasteiger partial charge on any atom is -0.355 e. The molecule has 1 aliphatic heterocycles. The van der Waals surface area contributed by atoms with Crippen molar-refractivity contribution in [3.63, 3.8) is 0 Å². The second-order valence-electron chi connectivity index (χ2n) is 9.64. The van der Waals surface area contributed by atoms with Crippen molar-refractivity contribution in [2.45, 2.75) is 12.3 Å². The summed E-state index contributed by atoms with van der Waals surface area (Å²) in [5, 5.41) is 20.4. The Bertz CT molecular complexity index is 1590. The molecule has 3 atom stereocenters. The zero-order valence-electron chi connectivity index (χ0n) is 19.6. The number of aromatic nitrogens is 7. The van der Waals surface area contributed by atoms with Crippen LogP contribution in [0.3, 0.4) is 0 Å². The van der Waals surface area contributed by atoms with Crippen molar-refractivity contribution in [2.24, 2.45) is 18.9 Å². The van der Waals surface area contributed by atoms with Crippen LogP contribution in [0.15, 0.2) is 29.9 Å². The molecular formula is C24H24ClN9S. The Morgan fingerprint density at radius 1 is 1.26 bits per heavy atom. The van der Waals surface area contributed by atoms with E-state index in [1.807, 2.05) is 38.6 Å². The fourth-order valence-electron chi connectivity index (χ4n) is 5.93. The van der Waals surface area contributed by atoms with E-state index in [1.165, 1.54) is 5.01 Å². The molecule has 5 aromatic rings. The maximum absolute atomic E-state index is 6.73. The highest BCUT2D eigenvalue weighted by molar-refractivity contribution is 7.09. The number of aryl methyl sites for hydroxylation is 2. The highest BCUT2D eigenvalue weighted by atomic mass is 35.5. The summed E-state index contributed by atoms with van der Waals surface area (Å²) in [6.45, 7) is 4.94. The Morgan fingerprint density at radius 2 is 2.09 bits per heavy atom. The van der Waals surface area contributed by atoms with Crippen molar-refractivity contribution >= 4 is 50.8 Å². The van der Waals surface area contributed by atoms with Crippen LogP contribution in [-0.4, -0.2) is 61.6 Å². The van der Waals surface area contributed by atoms with Crippen LogP contribution >= 0.6 is 22.9 Å². The van der Waals surface area contributed by atoms with E-state index in [0.717, 1.165) is 47.6 Å². The number of likely N-dealkylation sites (N-methyl/N-ethyl adjacent to an activating group) is 1. The highest BCUT2D eigenvalue weighted by Gasteiger charge is 2.70. The van der Waals surface area contributed by atoms with Gasteiger partial charge in [0, 0.05) is 60.3 Å². The van der Waals surface area contributed by atoms with Gasteiger partial charge in [0.25, 0.3) is 0 Å². The monoisotopic (exact) mass is 505 g/mol. The molecule has 0 radical (unpaired) electrons. The molecule has 1 saturated carbocycles. The zero-order valence-corrected chi connectivity index (χ0v) is 21.2. The smallest absolute Gasteiger partial charge is 0.177 e. The molecule has 178 valence electrons. The lowest BCUT2D eigenvalue weighted by Gasteiger charge is -2.26. The van der Waals surface area contributed by atoms with E-state index in [9.17, 15) is 0 Å². The number of hydrogen-bond donors (Lipinski definition) is 2. The second-order valence-corrected chi connectivity index (χ2v) is 10.9. The minimum atomic E-state index is 0.143. The Hall–Kier alpha value is -3.08. The van der Waals surface area contributed by atoms with Crippen molar-refractivity contribution in [1.29, 1.82) is 0 Å². The molecule has 0 spiro atoms. The molecule has 9 nitrogen and oxygen atoms in total. The zero-order chi connectivity index (χ0) is 23.9. The first kappa shape index (κ1) is 21.2. The molecule has 2 fully saturated rings. The number of aromatic amines is 1. The number of benzene rings is 1. The normalized spacial score (nSPS) is 23.5. The van der Waals surface area contributed by atoms with Crippen LogP contribution in [0.25, 0.3) is 33.3 Å². The van der Waals surface area contributed by atoms with Gasteiger partial charge in [-0.05, 0) is 37.9 Å². The maximum atomic E-state index is 6.73. The van der Waals surface area contributed by atoms with Crippen LogP contribution < -0.4 is 10.2 Å². The Morgan fingerprint density at radius 3 is 2.83 bits per heavy atom. The standard InChI is InChI=1S/C24H24ClN9S/c1-12-10-35-23(28-12)24(11-26-2)15-8-34(9-16(15)24)18-6-27-21-20(30-31-22(21)29-18)13-4-5-17-14(19(13)25)7-33(3)32-17/h4-7,10,15-16,26H,8-9,11H2,1-3H3,(H,29,30,31)/t15-,16+,24-. The number of nitrogens with one attached hydrogen (secondary N) is 2. The van der Waals surface area contributed by atoms with Crippen LogP contribution in [0.5, 0.6) is 0 Å². The number of anilines is 1. The summed E-state index contributed by atoms with van der Waals surface area (Å²) in [6.07, 6.45) is 3.77. The molecule has 1 aliphatic carbocycles. The lowest BCUT2D eigenvalue weighted by Crippen LogP contribution is -2.36. The summed E-state index contributed by atoms with van der Waals surface area (Å²) in [5.74, 6) is 2.02. The van der Waals surface area contributed by atoms with E-state index >= 15 is 0 Å². The van der Waals surface area contributed by atoms with Gasteiger partial charge in [-0.25, -0.2) is 15.0 Å². The molecular weight excluding hydrogens is 482 g/mol. The van der Waals surface area contributed by atoms with Gasteiger partial charge in [-0.15, -0.1) is 11.3 Å². The maximum Gasteiger partial charge on any atom is 0.177 e. The molecule has 1 saturated heterocycles. The third kappa shape index (κ3) is 3.00. The van der Waals surface area contributed by atoms with Gasteiger partial charge in [0.05, 0.1) is 16.7 Å². The third-order valence-corrected chi connectivity index (χ3v) is 9.16. The molecule has 35 heavy (non-hydrogen) atoms. The van der Waals surface area contributed by atoms with Crippen LogP contribution in [-0.2, 0) is 12.5 Å². The van der Waals surface area contributed by atoms with E-state index < -0.39 is 0 Å². The number of hydrogen-bond acceptors (Lipinski definition) is 8. The number of fused-ring (bicyclic) bond motifs is 3. The lowest BCUT2D eigenvalue weighted by atomic mass is 10.0. The summed E-state index contributed by atoms with van der Waals surface area (Å²) in [6, 6.07) is 3.90. The third-order valence-electron chi connectivity index (χ3n) is 7.60. The second kappa shape index (κ2) is 7.46. The van der Waals surface area contributed by atoms with Crippen molar-refractivity contribution in [2.75, 3.05) is 31.6 Å². The van der Waals surface area contributed by atoms with Gasteiger partial charge in [0.15, 0.2) is 5.65 Å².